The Kier molecular flexibility index (Phi) is 5.13. The van der Waals surface area contributed by atoms with Crippen molar-refractivity contribution in [3.05, 3.63) is 18.6 Å². The van der Waals surface area contributed by atoms with Crippen molar-refractivity contribution in [2.24, 2.45) is 0 Å². The number of aromatic amines is 1. The summed E-state index contributed by atoms with van der Waals surface area (Å²) in [6.07, 6.45) is -0.953. The lowest BCUT2D eigenvalue weighted by atomic mass is 10.1. The molecule has 12 nitrogen and oxygen atoms in total. The van der Waals surface area contributed by atoms with E-state index < -0.39 is 30.4 Å². The van der Waals surface area contributed by atoms with Crippen LogP contribution in [0.3, 0.4) is 0 Å². The number of hydrogen-bond acceptors (Lipinski definition) is 9. The zero-order valence-corrected chi connectivity index (χ0v) is 15.9. The number of nitrogens with zero attached hydrogens (tertiary/aromatic N) is 5. The van der Waals surface area contributed by atoms with Gasteiger partial charge in [0.25, 0.3) is 5.91 Å². The monoisotopic (exact) mass is 402 g/mol. The number of carbonyl (C=O) groups is 1. The van der Waals surface area contributed by atoms with E-state index in [2.05, 4.69) is 36.0 Å². The number of pyridine rings is 1. The van der Waals surface area contributed by atoms with Crippen molar-refractivity contribution in [3.63, 3.8) is 0 Å². The second kappa shape index (κ2) is 7.73. The molecule has 1 aliphatic rings. The van der Waals surface area contributed by atoms with Crippen LogP contribution in [-0.4, -0.2) is 78.0 Å². The summed E-state index contributed by atoms with van der Waals surface area (Å²) < 4.78 is 7.17. The molecule has 4 atom stereocenters. The van der Waals surface area contributed by atoms with Crippen molar-refractivity contribution >= 4 is 22.8 Å². The zero-order chi connectivity index (χ0) is 20.5. The lowest BCUT2D eigenvalue weighted by molar-refractivity contribution is -0.137. The smallest absolute Gasteiger partial charge is 0.251 e. The van der Waals surface area contributed by atoms with Gasteiger partial charge in [-0.3, -0.25) is 14.5 Å². The highest BCUT2D eigenvalue weighted by Gasteiger charge is 2.47. The van der Waals surface area contributed by atoms with E-state index in [4.69, 9.17) is 4.74 Å². The van der Waals surface area contributed by atoms with Crippen LogP contribution in [0.1, 0.15) is 19.6 Å². The van der Waals surface area contributed by atoms with E-state index in [-0.39, 0.29) is 0 Å². The fourth-order valence-electron chi connectivity index (χ4n) is 3.29. The Hall–Kier alpha value is -3.09. The van der Waals surface area contributed by atoms with E-state index >= 15 is 0 Å². The summed E-state index contributed by atoms with van der Waals surface area (Å²) in [6, 6.07) is 1.82. The number of nitrogens with one attached hydrogen (secondary N) is 3. The van der Waals surface area contributed by atoms with Crippen LogP contribution < -0.4 is 10.6 Å². The summed E-state index contributed by atoms with van der Waals surface area (Å²) >= 11 is 0. The molecule has 12 heteroatoms. The Labute approximate surface area is 165 Å². The number of aromatic nitrogens is 6. The number of likely N-dealkylation sites (N-methyl/N-ethyl adjacent to an activating group) is 1. The third-order valence-electron chi connectivity index (χ3n) is 4.79. The minimum Gasteiger partial charge on any atom is -0.387 e. The first-order valence-corrected chi connectivity index (χ1v) is 9.26. The second-order valence-electron chi connectivity index (χ2n) is 6.71. The molecule has 29 heavy (non-hydrogen) atoms. The first kappa shape index (κ1) is 19.2. The molecule has 4 rings (SSSR count). The molecule has 0 aliphatic carbocycles. The summed E-state index contributed by atoms with van der Waals surface area (Å²) in [5, 5.41) is 36.8. The molecule has 0 spiro atoms. The van der Waals surface area contributed by atoms with Crippen molar-refractivity contribution in [1.29, 1.82) is 0 Å². The molecule has 3 aromatic rings. The molecule has 0 aromatic carbocycles. The zero-order valence-electron chi connectivity index (χ0n) is 15.9. The number of carbonyl (C=O) groups excluding carboxylic acids is 1. The maximum absolute atomic E-state index is 12.0. The summed E-state index contributed by atoms with van der Waals surface area (Å²) in [4.78, 5) is 21.0. The van der Waals surface area contributed by atoms with Gasteiger partial charge in [0.2, 0.25) is 0 Å². The third kappa shape index (κ3) is 3.30. The number of amides is 1. The van der Waals surface area contributed by atoms with Crippen LogP contribution in [0.4, 0.5) is 5.69 Å². The summed E-state index contributed by atoms with van der Waals surface area (Å²) in [6.45, 7) is 2.77. The van der Waals surface area contributed by atoms with Crippen LogP contribution in [0.5, 0.6) is 0 Å². The Bertz CT molecular complexity index is 1000. The normalized spacial score (nSPS) is 24.1. The molecule has 1 fully saturated rings. The number of anilines is 1. The Morgan fingerprint density at radius 2 is 2.17 bits per heavy atom. The van der Waals surface area contributed by atoms with Crippen LogP contribution in [0.25, 0.3) is 22.6 Å². The number of aliphatic hydroxyl groups excluding tert-OH is 2. The maximum atomic E-state index is 12.0. The Morgan fingerprint density at radius 1 is 1.34 bits per heavy atom. The van der Waals surface area contributed by atoms with Gasteiger partial charge in [0.15, 0.2) is 18.0 Å². The molecule has 4 heterocycles. The van der Waals surface area contributed by atoms with Gasteiger partial charge in [-0.2, -0.15) is 0 Å². The molecule has 1 aliphatic heterocycles. The first-order valence-electron chi connectivity index (χ1n) is 9.26. The van der Waals surface area contributed by atoms with Gasteiger partial charge in [0.05, 0.1) is 23.9 Å². The van der Waals surface area contributed by atoms with Crippen LogP contribution >= 0.6 is 0 Å². The van der Waals surface area contributed by atoms with Crippen molar-refractivity contribution in [2.45, 2.75) is 37.9 Å². The number of rotatable bonds is 6. The third-order valence-corrected chi connectivity index (χ3v) is 4.79. The minimum absolute atomic E-state index is 0.415. The van der Waals surface area contributed by atoms with E-state index in [0.717, 1.165) is 18.7 Å². The van der Waals surface area contributed by atoms with Crippen LogP contribution in [0.15, 0.2) is 18.6 Å². The van der Waals surface area contributed by atoms with Gasteiger partial charge in [0, 0.05) is 13.6 Å². The highest BCUT2D eigenvalue weighted by Crippen LogP contribution is 2.34. The summed E-state index contributed by atoms with van der Waals surface area (Å²) in [5.74, 6) is -0.523. The highest BCUT2D eigenvalue weighted by atomic mass is 16.6. The van der Waals surface area contributed by atoms with Crippen LogP contribution in [0.2, 0.25) is 0 Å². The number of fused-ring (bicyclic) bond motifs is 1. The molecule has 0 saturated carbocycles. The van der Waals surface area contributed by atoms with Gasteiger partial charge < -0.3 is 25.6 Å². The first-order chi connectivity index (χ1) is 14.0. The summed E-state index contributed by atoms with van der Waals surface area (Å²) in [7, 11) is 1.43. The van der Waals surface area contributed by atoms with Crippen molar-refractivity contribution in [2.75, 3.05) is 18.9 Å². The van der Waals surface area contributed by atoms with E-state index in [1.54, 1.807) is 6.20 Å². The highest BCUT2D eigenvalue weighted by molar-refractivity contribution is 5.88. The molecule has 1 amide bonds. The number of aliphatic hydroxyl groups is 2. The number of imidazole rings is 1. The quantitative estimate of drug-likeness (QED) is 0.362. The molecular weight excluding hydrogens is 380 g/mol. The Morgan fingerprint density at radius 3 is 2.86 bits per heavy atom. The van der Waals surface area contributed by atoms with Crippen molar-refractivity contribution < 1.29 is 19.7 Å². The number of hydrogen-bond donors (Lipinski definition) is 5. The van der Waals surface area contributed by atoms with Gasteiger partial charge in [-0.05, 0) is 12.5 Å². The van der Waals surface area contributed by atoms with Crippen LogP contribution in [0, 0.1) is 0 Å². The van der Waals surface area contributed by atoms with Gasteiger partial charge >= 0.3 is 0 Å². The second-order valence-corrected chi connectivity index (χ2v) is 6.71. The molecule has 154 valence electrons. The topological polar surface area (TPSA) is 163 Å². The van der Waals surface area contributed by atoms with Crippen LogP contribution in [-0.2, 0) is 9.53 Å². The SMILES string of the molecule is CCCNc1cc(-c2c[nH]nn2)nc2c1ncn2[C@@H]1O[C@H](C(=O)NC)[C@@H](O)[C@H]1O. The fourth-order valence-corrected chi connectivity index (χ4v) is 3.29. The average Bonchev–Trinajstić information content (AvgIpc) is 3.46. The molecule has 0 radical (unpaired) electrons. The maximum Gasteiger partial charge on any atom is 0.251 e. The van der Waals surface area contributed by atoms with E-state index in [1.807, 2.05) is 13.0 Å². The van der Waals surface area contributed by atoms with Gasteiger partial charge in [-0.25, -0.2) is 9.97 Å². The molecule has 1 saturated heterocycles. The largest absolute Gasteiger partial charge is 0.387 e. The summed E-state index contributed by atoms with van der Waals surface area (Å²) in [5.41, 5.74) is 2.81. The van der Waals surface area contributed by atoms with Gasteiger partial charge in [-0.15, -0.1) is 5.10 Å². The number of ether oxygens (including phenoxy) is 1. The predicted octanol–water partition coefficient (Wildman–Crippen LogP) is -0.596. The fraction of sp³-hybridized carbons (Fsp3) is 0.471. The molecular formula is C17H22N8O4. The minimum atomic E-state index is -1.38. The molecule has 5 N–H and O–H groups in total. The van der Waals surface area contributed by atoms with E-state index in [1.165, 1.54) is 17.9 Å². The van der Waals surface area contributed by atoms with Gasteiger partial charge in [0.1, 0.15) is 23.4 Å². The van der Waals surface area contributed by atoms with Gasteiger partial charge in [-0.1, -0.05) is 12.1 Å². The average molecular weight is 402 g/mol. The van der Waals surface area contributed by atoms with Crippen molar-refractivity contribution in [3.8, 4) is 11.4 Å². The number of H-pyrrole nitrogens is 1. The standard InChI is InChI=1S/C17H22N8O4/c1-3-4-19-9-5-8(10-6-21-24-23-10)22-15-11(9)20-7-25(15)17-13(27)12(26)14(29-17)16(28)18-2/h5-7,12-14,17,26-27H,3-4H2,1-2H3,(H,18,28)(H,19,22)(H,21,23,24)/t12-,13+,14-,17+/m0/s1. The Balaban J connectivity index is 1.79. The van der Waals surface area contributed by atoms with E-state index in [9.17, 15) is 15.0 Å². The predicted molar refractivity (Wildman–Crippen MR) is 102 cm³/mol. The van der Waals surface area contributed by atoms with E-state index in [0.29, 0.717) is 22.6 Å². The lowest BCUT2D eigenvalue weighted by Crippen LogP contribution is -2.41. The molecule has 3 aromatic heterocycles. The molecule has 0 unspecified atom stereocenters. The van der Waals surface area contributed by atoms with Crippen molar-refractivity contribution in [1.82, 2.24) is 35.3 Å². The lowest BCUT2D eigenvalue weighted by Gasteiger charge is -2.17. The molecule has 0 bridgehead atoms.